The molecule has 0 spiro atoms. The Morgan fingerprint density at radius 3 is 1.86 bits per heavy atom. The number of hydrogen-bond acceptors (Lipinski definition) is 2. The Kier molecular flexibility index (Phi) is 20.9. The summed E-state index contributed by atoms with van der Waals surface area (Å²) in [6.07, 6.45) is 30.1. The number of allylic oxidation sites excluding steroid dienone is 6. The summed E-state index contributed by atoms with van der Waals surface area (Å²) in [4.78, 5) is 10.6. The fourth-order valence-corrected chi connectivity index (χ4v) is 3.30. The highest BCUT2D eigenvalue weighted by molar-refractivity contribution is 5.73. The molecule has 0 radical (unpaired) electrons. The molecular formula is C25H45NO2. The Morgan fingerprint density at radius 2 is 1.32 bits per heavy atom. The second-order valence-electron chi connectivity index (χ2n) is 7.78. The minimum Gasteiger partial charge on any atom is -0.396 e. The van der Waals surface area contributed by atoms with E-state index in [2.05, 4.69) is 43.4 Å². The van der Waals surface area contributed by atoms with E-state index in [0.717, 1.165) is 38.5 Å². The third-order valence-electron chi connectivity index (χ3n) is 5.03. The largest absolute Gasteiger partial charge is 0.396 e. The van der Waals surface area contributed by atoms with Crippen molar-refractivity contribution in [3.63, 3.8) is 0 Å². The highest BCUT2D eigenvalue weighted by Gasteiger charge is 2.04. The van der Waals surface area contributed by atoms with Crippen molar-refractivity contribution in [2.75, 3.05) is 6.61 Å². The predicted octanol–water partition coefficient (Wildman–Crippen LogP) is 6.62. The lowest BCUT2D eigenvalue weighted by molar-refractivity contribution is -0.118. The predicted molar refractivity (Wildman–Crippen MR) is 122 cm³/mol. The molecule has 0 aromatic heterocycles. The Labute approximate surface area is 174 Å². The standard InChI is InChI=1S/C25H45NO2/c1-2-20-24(23-27)21-18-16-14-12-10-8-6-4-3-5-7-9-11-13-15-17-19-22-25(26)28/h3-4,7-10,24,27H,2,5-6,11-23H2,1H3,(H2,26,28)/b4-3-,9-7-,10-8-. The van der Waals surface area contributed by atoms with Crippen molar-refractivity contribution in [3.05, 3.63) is 36.5 Å². The lowest BCUT2D eigenvalue weighted by Crippen LogP contribution is -2.09. The number of hydrogen-bond donors (Lipinski definition) is 2. The summed E-state index contributed by atoms with van der Waals surface area (Å²) < 4.78 is 0. The molecule has 3 heteroatoms. The molecule has 28 heavy (non-hydrogen) atoms. The Balaban J connectivity index is 3.39. The smallest absolute Gasteiger partial charge is 0.217 e. The molecule has 0 heterocycles. The number of carbonyl (C=O) groups excluding carboxylic acids is 1. The molecule has 0 saturated heterocycles. The van der Waals surface area contributed by atoms with Crippen molar-refractivity contribution in [1.82, 2.24) is 0 Å². The highest BCUT2D eigenvalue weighted by atomic mass is 16.3. The van der Waals surface area contributed by atoms with Crippen LogP contribution in [0.3, 0.4) is 0 Å². The highest BCUT2D eigenvalue weighted by Crippen LogP contribution is 2.15. The quantitative estimate of drug-likeness (QED) is 0.181. The molecule has 0 rings (SSSR count). The van der Waals surface area contributed by atoms with Gasteiger partial charge in [-0.3, -0.25) is 4.79 Å². The molecule has 0 fully saturated rings. The van der Waals surface area contributed by atoms with Crippen molar-refractivity contribution in [2.24, 2.45) is 11.7 Å². The molecule has 0 aliphatic heterocycles. The van der Waals surface area contributed by atoms with Crippen LogP contribution in [0, 0.1) is 5.92 Å². The third kappa shape index (κ3) is 21.0. The normalized spacial score (nSPS) is 13.2. The number of primary amides is 1. The molecule has 0 aliphatic carbocycles. The summed E-state index contributed by atoms with van der Waals surface area (Å²) >= 11 is 0. The average Bonchev–Trinajstić information content (AvgIpc) is 2.68. The van der Waals surface area contributed by atoms with Gasteiger partial charge in [-0.2, -0.15) is 0 Å². The van der Waals surface area contributed by atoms with E-state index in [1.54, 1.807) is 0 Å². The zero-order valence-electron chi connectivity index (χ0n) is 18.3. The van der Waals surface area contributed by atoms with E-state index in [9.17, 15) is 9.90 Å². The maximum absolute atomic E-state index is 10.6. The molecule has 162 valence electrons. The Morgan fingerprint density at radius 1 is 0.786 bits per heavy atom. The summed E-state index contributed by atoms with van der Waals surface area (Å²) in [6.45, 7) is 2.55. The maximum Gasteiger partial charge on any atom is 0.217 e. The van der Waals surface area contributed by atoms with Gasteiger partial charge in [-0.05, 0) is 63.7 Å². The number of unbranched alkanes of at least 4 members (excludes halogenated alkanes) is 7. The molecule has 1 unspecified atom stereocenters. The van der Waals surface area contributed by atoms with Crippen LogP contribution in [0.25, 0.3) is 0 Å². The Hall–Kier alpha value is -1.35. The fourth-order valence-electron chi connectivity index (χ4n) is 3.30. The number of nitrogens with two attached hydrogens (primary N) is 1. The molecule has 1 amide bonds. The van der Waals surface area contributed by atoms with Crippen LogP contribution in [0.15, 0.2) is 36.5 Å². The van der Waals surface area contributed by atoms with Crippen molar-refractivity contribution in [3.8, 4) is 0 Å². The van der Waals surface area contributed by atoms with Crippen molar-refractivity contribution in [1.29, 1.82) is 0 Å². The number of carbonyl (C=O) groups is 1. The van der Waals surface area contributed by atoms with Crippen LogP contribution in [0.2, 0.25) is 0 Å². The van der Waals surface area contributed by atoms with Gasteiger partial charge in [0.15, 0.2) is 0 Å². The average molecular weight is 392 g/mol. The first-order chi connectivity index (χ1) is 13.7. The summed E-state index contributed by atoms with van der Waals surface area (Å²) in [7, 11) is 0. The van der Waals surface area contributed by atoms with Crippen molar-refractivity contribution >= 4 is 5.91 Å². The molecule has 0 saturated carbocycles. The van der Waals surface area contributed by atoms with E-state index in [-0.39, 0.29) is 5.91 Å². The summed E-state index contributed by atoms with van der Waals surface area (Å²) in [6, 6.07) is 0. The van der Waals surface area contributed by atoms with Gasteiger partial charge in [-0.15, -0.1) is 0 Å². The van der Waals surface area contributed by atoms with E-state index < -0.39 is 0 Å². The minimum absolute atomic E-state index is 0.184. The first-order valence-corrected chi connectivity index (χ1v) is 11.5. The second kappa shape index (κ2) is 21.9. The second-order valence-corrected chi connectivity index (χ2v) is 7.78. The van der Waals surface area contributed by atoms with Crippen LogP contribution >= 0.6 is 0 Å². The first kappa shape index (κ1) is 26.6. The summed E-state index contributed by atoms with van der Waals surface area (Å²) in [5.41, 5.74) is 5.12. The zero-order valence-corrected chi connectivity index (χ0v) is 18.3. The number of aliphatic hydroxyl groups excluding tert-OH is 1. The zero-order chi connectivity index (χ0) is 20.7. The van der Waals surface area contributed by atoms with E-state index in [0.29, 0.717) is 18.9 Å². The van der Waals surface area contributed by atoms with Crippen molar-refractivity contribution < 1.29 is 9.90 Å². The topological polar surface area (TPSA) is 63.3 Å². The minimum atomic E-state index is -0.184. The van der Waals surface area contributed by atoms with Gasteiger partial charge in [-0.1, -0.05) is 75.5 Å². The van der Waals surface area contributed by atoms with Crippen LogP contribution in [0.1, 0.15) is 103 Å². The molecule has 0 aromatic rings. The maximum atomic E-state index is 10.6. The van der Waals surface area contributed by atoms with Gasteiger partial charge in [0.05, 0.1) is 0 Å². The lowest BCUT2D eigenvalue weighted by Gasteiger charge is -2.11. The Bertz CT molecular complexity index is 426. The fraction of sp³-hybridized carbons (Fsp3) is 0.720. The summed E-state index contributed by atoms with van der Waals surface area (Å²) in [5, 5.41) is 9.28. The summed E-state index contributed by atoms with van der Waals surface area (Å²) in [5.74, 6) is 0.337. The molecule has 0 aromatic carbocycles. The van der Waals surface area contributed by atoms with Crippen LogP contribution in [0.5, 0.6) is 0 Å². The molecular weight excluding hydrogens is 346 g/mol. The van der Waals surface area contributed by atoms with Gasteiger partial charge in [0, 0.05) is 13.0 Å². The van der Waals surface area contributed by atoms with Gasteiger partial charge in [0.1, 0.15) is 0 Å². The van der Waals surface area contributed by atoms with E-state index >= 15 is 0 Å². The molecule has 0 bridgehead atoms. The van der Waals surface area contributed by atoms with E-state index in [1.165, 1.54) is 51.4 Å². The van der Waals surface area contributed by atoms with Gasteiger partial charge >= 0.3 is 0 Å². The monoisotopic (exact) mass is 391 g/mol. The van der Waals surface area contributed by atoms with Crippen LogP contribution in [-0.2, 0) is 4.79 Å². The SMILES string of the molecule is CCCC(CO)CCCCC/C=C\C/C=C\C/C=C\CCCCCCC(N)=O. The lowest BCUT2D eigenvalue weighted by atomic mass is 9.97. The molecule has 1 atom stereocenters. The van der Waals surface area contributed by atoms with Gasteiger partial charge in [0.2, 0.25) is 5.91 Å². The molecule has 3 nitrogen and oxygen atoms in total. The van der Waals surface area contributed by atoms with Gasteiger partial charge < -0.3 is 10.8 Å². The first-order valence-electron chi connectivity index (χ1n) is 11.5. The number of amides is 1. The van der Waals surface area contributed by atoms with Crippen molar-refractivity contribution in [2.45, 2.75) is 103 Å². The van der Waals surface area contributed by atoms with Gasteiger partial charge in [-0.25, -0.2) is 0 Å². The van der Waals surface area contributed by atoms with Gasteiger partial charge in [0.25, 0.3) is 0 Å². The van der Waals surface area contributed by atoms with Crippen LogP contribution in [-0.4, -0.2) is 17.6 Å². The van der Waals surface area contributed by atoms with Crippen LogP contribution in [0.4, 0.5) is 0 Å². The number of rotatable bonds is 20. The molecule has 0 aliphatic rings. The third-order valence-corrected chi connectivity index (χ3v) is 5.03. The molecule has 3 N–H and O–H groups in total. The number of aliphatic hydroxyl groups is 1. The van der Waals surface area contributed by atoms with E-state index in [1.807, 2.05) is 0 Å². The van der Waals surface area contributed by atoms with E-state index in [4.69, 9.17) is 5.73 Å². The van der Waals surface area contributed by atoms with Crippen LogP contribution < -0.4 is 5.73 Å².